The van der Waals surface area contributed by atoms with Crippen molar-refractivity contribution in [3.05, 3.63) is 84.4 Å². The lowest BCUT2D eigenvalue weighted by Crippen LogP contribution is -2.43. The molecule has 1 amide bonds. The van der Waals surface area contributed by atoms with Crippen molar-refractivity contribution in [3.63, 3.8) is 0 Å². The Balaban J connectivity index is 1.74. The van der Waals surface area contributed by atoms with Gasteiger partial charge in [0.05, 0.1) is 0 Å². The standard InChI is InChI=1S/C25H27N3O/c1-2-28(22-11-7-4-8-12-22)25(29)21-13-14-23(20-9-5-3-6-10-20)24(19-21)27-17-15-26-16-18-27/h3-14,19,26H,2,15-18H2,1H3. The fourth-order valence-electron chi connectivity index (χ4n) is 3.90. The largest absolute Gasteiger partial charge is 0.368 e. The number of rotatable bonds is 5. The second kappa shape index (κ2) is 8.93. The minimum Gasteiger partial charge on any atom is -0.368 e. The third-order valence-electron chi connectivity index (χ3n) is 5.42. The van der Waals surface area contributed by atoms with Crippen molar-refractivity contribution in [1.29, 1.82) is 0 Å². The number of carbonyl (C=O) groups is 1. The average molecular weight is 386 g/mol. The van der Waals surface area contributed by atoms with Crippen molar-refractivity contribution in [3.8, 4) is 11.1 Å². The molecular formula is C25H27N3O. The molecule has 3 aromatic carbocycles. The van der Waals surface area contributed by atoms with Gasteiger partial charge >= 0.3 is 0 Å². The molecule has 4 heteroatoms. The van der Waals surface area contributed by atoms with Crippen LogP contribution in [0, 0.1) is 0 Å². The van der Waals surface area contributed by atoms with Crippen LogP contribution >= 0.6 is 0 Å². The molecule has 4 nitrogen and oxygen atoms in total. The molecule has 3 aromatic rings. The Morgan fingerprint density at radius 2 is 1.59 bits per heavy atom. The van der Waals surface area contributed by atoms with Crippen LogP contribution in [0.5, 0.6) is 0 Å². The van der Waals surface area contributed by atoms with Gasteiger partial charge in [0.25, 0.3) is 5.91 Å². The maximum absolute atomic E-state index is 13.4. The van der Waals surface area contributed by atoms with E-state index >= 15 is 0 Å². The van der Waals surface area contributed by atoms with E-state index in [9.17, 15) is 4.79 Å². The van der Waals surface area contributed by atoms with Gasteiger partial charge in [-0.1, -0.05) is 54.6 Å². The third-order valence-corrected chi connectivity index (χ3v) is 5.42. The smallest absolute Gasteiger partial charge is 0.258 e. The average Bonchev–Trinajstić information content (AvgIpc) is 2.81. The van der Waals surface area contributed by atoms with Crippen molar-refractivity contribution >= 4 is 17.3 Å². The number of carbonyl (C=O) groups excluding carboxylic acids is 1. The summed E-state index contributed by atoms with van der Waals surface area (Å²) in [6, 6.07) is 26.4. The van der Waals surface area contributed by atoms with E-state index in [1.165, 1.54) is 11.1 Å². The maximum Gasteiger partial charge on any atom is 0.258 e. The summed E-state index contributed by atoms with van der Waals surface area (Å²) in [6.45, 7) is 6.43. The Morgan fingerprint density at radius 3 is 2.24 bits per heavy atom. The van der Waals surface area contributed by atoms with Crippen LogP contribution in [0.2, 0.25) is 0 Å². The van der Waals surface area contributed by atoms with E-state index in [2.05, 4.69) is 46.6 Å². The normalized spacial score (nSPS) is 13.9. The maximum atomic E-state index is 13.4. The number of para-hydroxylation sites is 1. The van der Waals surface area contributed by atoms with Gasteiger partial charge in [0.2, 0.25) is 0 Å². The lowest BCUT2D eigenvalue weighted by atomic mass is 9.99. The number of nitrogens with zero attached hydrogens (tertiary/aromatic N) is 2. The predicted octanol–water partition coefficient (Wildman–Crippen LogP) is 4.43. The summed E-state index contributed by atoms with van der Waals surface area (Å²) < 4.78 is 0. The molecule has 0 saturated carbocycles. The van der Waals surface area contributed by atoms with Gasteiger partial charge in [-0.3, -0.25) is 4.79 Å². The molecule has 1 aliphatic heterocycles. The van der Waals surface area contributed by atoms with Crippen molar-refractivity contribution in [2.75, 3.05) is 42.5 Å². The number of amides is 1. The molecule has 1 saturated heterocycles. The quantitative estimate of drug-likeness (QED) is 0.706. The molecule has 1 N–H and O–H groups in total. The summed E-state index contributed by atoms with van der Waals surface area (Å²) in [5.41, 5.74) is 5.13. The first-order valence-electron chi connectivity index (χ1n) is 10.3. The molecule has 1 fully saturated rings. The van der Waals surface area contributed by atoms with Crippen LogP contribution in [-0.4, -0.2) is 38.6 Å². The van der Waals surface area contributed by atoms with Gasteiger partial charge in [-0.15, -0.1) is 0 Å². The Bertz CT molecular complexity index is 950. The van der Waals surface area contributed by atoms with Crippen molar-refractivity contribution in [2.24, 2.45) is 0 Å². The Morgan fingerprint density at radius 1 is 0.931 bits per heavy atom. The highest BCUT2D eigenvalue weighted by molar-refractivity contribution is 6.07. The van der Waals surface area contributed by atoms with Crippen LogP contribution in [0.3, 0.4) is 0 Å². The summed E-state index contributed by atoms with van der Waals surface area (Å²) in [4.78, 5) is 17.6. The molecule has 0 aliphatic carbocycles. The lowest BCUT2D eigenvalue weighted by molar-refractivity contribution is 0.0988. The molecule has 0 radical (unpaired) electrons. The number of hydrogen-bond acceptors (Lipinski definition) is 3. The Labute approximate surface area is 172 Å². The monoisotopic (exact) mass is 385 g/mol. The number of hydrogen-bond donors (Lipinski definition) is 1. The third kappa shape index (κ3) is 4.17. The van der Waals surface area contributed by atoms with E-state index in [0.29, 0.717) is 6.54 Å². The van der Waals surface area contributed by atoms with Gasteiger partial charge in [-0.05, 0) is 36.8 Å². The van der Waals surface area contributed by atoms with Crippen LogP contribution in [0.4, 0.5) is 11.4 Å². The number of nitrogens with one attached hydrogen (secondary N) is 1. The SMILES string of the molecule is CCN(C(=O)c1ccc(-c2ccccc2)c(N2CCNCC2)c1)c1ccccc1. The van der Waals surface area contributed by atoms with Crippen LogP contribution in [-0.2, 0) is 0 Å². The van der Waals surface area contributed by atoms with Crippen LogP contribution < -0.4 is 15.1 Å². The molecule has 0 unspecified atom stereocenters. The minimum absolute atomic E-state index is 0.0368. The molecular weight excluding hydrogens is 358 g/mol. The van der Waals surface area contributed by atoms with E-state index in [0.717, 1.165) is 43.1 Å². The molecule has 0 aromatic heterocycles. The van der Waals surface area contributed by atoms with Gasteiger partial charge < -0.3 is 15.1 Å². The zero-order valence-corrected chi connectivity index (χ0v) is 16.8. The molecule has 4 rings (SSSR count). The van der Waals surface area contributed by atoms with Gasteiger partial charge in [-0.25, -0.2) is 0 Å². The Kier molecular flexibility index (Phi) is 5.92. The summed E-state index contributed by atoms with van der Waals surface area (Å²) in [5.74, 6) is 0.0368. The molecule has 1 heterocycles. The van der Waals surface area contributed by atoms with Gasteiger partial charge in [0.1, 0.15) is 0 Å². The van der Waals surface area contributed by atoms with E-state index in [-0.39, 0.29) is 5.91 Å². The summed E-state index contributed by atoms with van der Waals surface area (Å²) >= 11 is 0. The highest BCUT2D eigenvalue weighted by Crippen LogP contribution is 2.33. The predicted molar refractivity (Wildman–Crippen MR) is 121 cm³/mol. The van der Waals surface area contributed by atoms with Crippen LogP contribution in [0.15, 0.2) is 78.9 Å². The van der Waals surface area contributed by atoms with E-state index < -0.39 is 0 Å². The summed E-state index contributed by atoms with van der Waals surface area (Å²) in [6.07, 6.45) is 0. The van der Waals surface area contributed by atoms with Crippen LogP contribution in [0.1, 0.15) is 17.3 Å². The topological polar surface area (TPSA) is 35.6 Å². The van der Waals surface area contributed by atoms with Crippen molar-refractivity contribution < 1.29 is 4.79 Å². The molecule has 0 bridgehead atoms. The molecule has 0 atom stereocenters. The fourth-order valence-corrected chi connectivity index (χ4v) is 3.90. The van der Waals surface area contributed by atoms with Crippen molar-refractivity contribution in [2.45, 2.75) is 6.92 Å². The molecule has 29 heavy (non-hydrogen) atoms. The first-order chi connectivity index (χ1) is 14.3. The first kappa shape index (κ1) is 19.2. The number of anilines is 2. The number of benzene rings is 3. The molecule has 1 aliphatic rings. The number of piperazine rings is 1. The fraction of sp³-hybridized carbons (Fsp3) is 0.240. The molecule has 148 valence electrons. The van der Waals surface area contributed by atoms with Gasteiger partial charge in [0, 0.05) is 55.2 Å². The zero-order chi connectivity index (χ0) is 20.1. The van der Waals surface area contributed by atoms with E-state index in [1.54, 1.807) is 0 Å². The second-order valence-corrected chi connectivity index (χ2v) is 7.22. The summed E-state index contributed by atoms with van der Waals surface area (Å²) in [7, 11) is 0. The lowest BCUT2D eigenvalue weighted by Gasteiger charge is -2.32. The highest BCUT2D eigenvalue weighted by Gasteiger charge is 2.21. The second-order valence-electron chi connectivity index (χ2n) is 7.22. The minimum atomic E-state index is 0.0368. The van der Waals surface area contributed by atoms with Gasteiger partial charge in [-0.2, -0.15) is 0 Å². The van der Waals surface area contributed by atoms with E-state index in [1.807, 2.05) is 54.3 Å². The summed E-state index contributed by atoms with van der Waals surface area (Å²) in [5, 5.41) is 3.41. The Hall–Kier alpha value is -3.11. The van der Waals surface area contributed by atoms with E-state index in [4.69, 9.17) is 0 Å². The molecule has 0 spiro atoms. The zero-order valence-electron chi connectivity index (χ0n) is 16.8. The van der Waals surface area contributed by atoms with Crippen LogP contribution in [0.25, 0.3) is 11.1 Å². The first-order valence-corrected chi connectivity index (χ1v) is 10.3. The highest BCUT2D eigenvalue weighted by atomic mass is 16.2. The van der Waals surface area contributed by atoms with Gasteiger partial charge in [0.15, 0.2) is 0 Å². The van der Waals surface area contributed by atoms with Crippen molar-refractivity contribution in [1.82, 2.24) is 5.32 Å².